The molecule has 78 valence electrons. The van der Waals surface area contributed by atoms with E-state index in [1.54, 1.807) is 23.4 Å². The molecule has 0 aliphatic heterocycles. The van der Waals surface area contributed by atoms with Crippen molar-refractivity contribution in [3.63, 3.8) is 0 Å². The van der Waals surface area contributed by atoms with Crippen LogP contribution in [0.5, 0.6) is 0 Å². The highest BCUT2D eigenvalue weighted by atomic mass is 32.1. The average molecular weight is 220 g/mol. The van der Waals surface area contributed by atoms with Gasteiger partial charge in [0.15, 0.2) is 5.11 Å². The van der Waals surface area contributed by atoms with E-state index in [0.29, 0.717) is 11.0 Å². The van der Waals surface area contributed by atoms with Crippen LogP contribution >= 0.6 is 12.2 Å². The van der Waals surface area contributed by atoms with Gasteiger partial charge in [-0.3, -0.25) is 9.13 Å². The summed E-state index contributed by atoms with van der Waals surface area (Å²) in [6, 6.07) is 0. The maximum atomic E-state index is 5.29. The predicted octanol–water partition coefficient (Wildman–Crippen LogP) is 1.88. The van der Waals surface area contributed by atoms with Gasteiger partial charge in [0.05, 0.1) is 5.69 Å². The molecule has 0 amide bonds. The molecule has 0 aromatic carbocycles. The Morgan fingerprint density at radius 1 is 1.33 bits per heavy atom. The summed E-state index contributed by atoms with van der Waals surface area (Å²) >= 11 is 5.29. The second-order valence-corrected chi connectivity index (χ2v) is 3.98. The Kier molecular flexibility index (Phi) is 2.64. The quantitative estimate of drug-likeness (QED) is 0.688. The fraction of sp³-hybridized carbons (Fsp3) is 0.300. The Morgan fingerprint density at radius 2 is 2.13 bits per heavy atom. The van der Waals surface area contributed by atoms with Crippen LogP contribution in [0.15, 0.2) is 31.2 Å². The Bertz CT molecular complexity index is 455. The van der Waals surface area contributed by atoms with Crippen molar-refractivity contribution < 1.29 is 0 Å². The Labute approximate surface area is 93.6 Å². The summed E-state index contributed by atoms with van der Waals surface area (Å²) < 4.78 is 3.60. The van der Waals surface area contributed by atoms with Crippen LogP contribution in [0.3, 0.4) is 0 Å². The van der Waals surface area contributed by atoms with Gasteiger partial charge in [0.1, 0.15) is 12.7 Å². The summed E-state index contributed by atoms with van der Waals surface area (Å²) in [5.74, 6) is 0.414. The highest BCUT2D eigenvalue weighted by molar-refractivity contribution is 7.80. The molecule has 0 aliphatic rings. The molecule has 0 N–H and O–H groups in total. The Morgan fingerprint density at radius 3 is 2.67 bits per heavy atom. The molecule has 0 unspecified atom stereocenters. The standard InChI is InChI=1S/C10H12N4S/c1-8(2)9-5-14(7-12-9)10(15)13-4-3-11-6-13/h3-8H,1-2H3. The van der Waals surface area contributed by atoms with Crippen molar-refractivity contribution in [1.82, 2.24) is 19.1 Å². The average Bonchev–Trinajstić information content (AvgIpc) is 2.88. The molecule has 0 bridgehead atoms. The van der Waals surface area contributed by atoms with E-state index in [1.807, 2.05) is 17.0 Å². The molecule has 15 heavy (non-hydrogen) atoms. The molecule has 2 aromatic heterocycles. The number of rotatable bonds is 1. The van der Waals surface area contributed by atoms with E-state index in [4.69, 9.17) is 12.2 Å². The van der Waals surface area contributed by atoms with E-state index in [1.165, 1.54) is 0 Å². The molecule has 0 atom stereocenters. The molecule has 0 fully saturated rings. The van der Waals surface area contributed by atoms with Crippen molar-refractivity contribution in [2.45, 2.75) is 19.8 Å². The summed E-state index contributed by atoms with van der Waals surface area (Å²) in [7, 11) is 0. The summed E-state index contributed by atoms with van der Waals surface area (Å²) in [5, 5.41) is 0.659. The lowest BCUT2D eigenvalue weighted by Gasteiger charge is -2.03. The first-order chi connectivity index (χ1) is 7.18. The number of nitrogens with zero attached hydrogens (tertiary/aromatic N) is 4. The molecule has 2 aromatic rings. The van der Waals surface area contributed by atoms with Crippen molar-refractivity contribution >= 4 is 17.3 Å². The minimum absolute atomic E-state index is 0.414. The molecule has 0 spiro atoms. The lowest BCUT2D eigenvalue weighted by molar-refractivity contribution is 0.832. The summed E-state index contributed by atoms with van der Waals surface area (Å²) in [6.45, 7) is 4.21. The smallest absolute Gasteiger partial charge is 0.190 e. The van der Waals surface area contributed by atoms with Crippen LogP contribution in [0.1, 0.15) is 25.5 Å². The lowest BCUT2D eigenvalue weighted by atomic mass is 10.2. The maximum absolute atomic E-state index is 5.29. The van der Waals surface area contributed by atoms with E-state index in [0.717, 1.165) is 5.69 Å². The van der Waals surface area contributed by atoms with Gasteiger partial charge in [-0.1, -0.05) is 13.8 Å². The normalized spacial score (nSPS) is 10.9. The van der Waals surface area contributed by atoms with Gasteiger partial charge in [0, 0.05) is 18.6 Å². The third kappa shape index (κ3) is 1.97. The van der Waals surface area contributed by atoms with Crippen molar-refractivity contribution in [2.24, 2.45) is 0 Å². The van der Waals surface area contributed by atoms with Gasteiger partial charge in [0.25, 0.3) is 0 Å². The third-order valence-electron chi connectivity index (χ3n) is 2.14. The largest absolute Gasteiger partial charge is 0.282 e. The molecule has 2 rings (SSSR count). The summed E-state index contributed by atoms with van der Waals surface area (Å²) in [4.78, 5) is 8.24. The predicted molar refractivity (Wildman–Crippen MR) is 61.9 cm³/mol. The lowest BCUT2D eigenvalue weighted by Crippen LogP contribution is -2.15. The number of imidazole rings is 2. The highest BCUT2D eigenvalue weighted by Crippen LogP contribution is 2.10. The van der Waals surface area contributed by atoms with Gasteiger partial charge in [-0.15, -0.1) is 0 Å². The minimum atomic E-state index is 0.414. The second kappa shape index (κ2) is 3.94. The van der Waals surface area contributed by atoms with Crippen LogP contribution in [-0.2, 0) is 0 Å². The monoisotopic (exact) mass is 220 g/mol. The molecule has 0 saturated carbocycles. The fourth-order valence-corrected chi connectivity index (χ4v) is 1.45. The third-order valence-corrected chi connectivity index (χ3v) is 2.56. The van der Waals surface area contributed by atoms with Crippen LogP contribution in [0.4, 0.5) is 0 Å². The van der Waals surface area contributed by atoms with Crippen LogP contribution in [0.2, 0.25) is 0 Å². The summed E-state index contributed by atoms with van der Waals surface area (Å²) in [5.41, 5.74) is 1.04. The number of aromatic nitrogens is 4. The van der Waals surface area contributed by atoms with Crippen molar-refractivity contribution in [3.05, 3.63) is 36.9 Å². The Balaban J connectivity index is 2.27. The van der Waals surface area contributed by atoms with Gasteiger partial charge >= 0.3 is 0 Å². The van der Waals surface area contributed by atoms with Crippen molar-refractivity contribution in [3.8, 4) is 0 Å². The van der Waals surface area contributed by atoms with Crippen LogP contribution < -0.4 is 0 Å². The fourth-order valence-electron chi connectivity index (χ4n) is 1.25. The highest BCUT2D eigenvalue weighted by Gasteiger charge is 2.06. The van der Waals surface area contributed by atoms with E-state index in [9.17, 15) is 0 Å². The van der Waals surface area contributed by atoms with E-state index in [2.05, 4.69) is 23.8 Å². The van der Waals surface area contributed by atoms with Gasteiger partial charge < -0.3 is 0 Å². The van der Waals surface area contributed by atoms with E-state index >= 15 is 0 Å². The van der Waals surface area contributed by atoms with Crippen molar-refractivity contribution in [2.75, 3.05) is 0 Å². The van der Waals surface area contributed by atoms with Crippen molar-refractivity contribution in [1.29, 1.82) is 0 Å². The van der Waals surface area contributed by atoms with Gasteiger partial charge in [0.2, 0.25) is 0 Å². The molecule has 5 heteroatoms. The van der Waals surface area contributed by atoms with Crippen LogP contribution in [0.25, 0.3) is 0 Å². The first-order valence-electron chi connectivity index (χ1n) is 4.75. The zero-order valence-corrected chi connectivity index (χ0v) is 9.48. The Hall–Kier alpha value is -1.49. The molecule has 2 heterocycles. The summed E-state index contributed by atoms with van der Waals surface area (Å²) in [6.07, 6.45) is 8.88. The first kappa shape index (κ1) is 10.0. The van der Waals surface area contributed by atoms with E-state index in [-0.39, 0.29) is 0 Å². The number of hydrogen-bond acceptors (Lipinski definition) is 3. The van der Waals surface area contributed by atoms with E-state index < -0.39 is 0 Å². The van der Waals surface area contributed by atoms with Gasteiger partial charge in [-0.25, -0.2) is 9.97 Å². The molecule has 0 aliphatic carbocycles. The van der Waals surface area contributed by atoms with Gasteiger partial charge in [-0.2, -0.15) is 0 Å². The zero-order valence-electron chi connectivity index (χ0n) is 8.66. The topological polar surface area (TPSA) is 35.6 Å². The number of thiocarbonyl (C=S) groups is 1. The zero-order chi connectivity index (χ0) is 10.8. The number of hydrogen-bond donors (Lipinski definition) is 0. The molecule has 0 saturated heterocycles. The molecular formula is C10H12N4S. The van der Waals surface area contributed by atoms with Crippen LogP contribution in [0, 0.1) is 0 Å². The SMILES string of the molecule is CC(C)c1cn(C(=S)n2ccnc2)cn1. The van der Waals surface area contributed by atoms with Crippen LogP contribution in [-0.4, -0.2) is 24.2 Å². The molecule has 0 radical (unpaired) electrons. The maximum Gasteiger partial charge on any atom is 0.190 e. The second-order valence-electron chi connectivity index (χ2n) is 3.61. The minimum Gasteiger partial charge on any atom is -0.282 e. The molecular weight excluding hydrogens is 208 g/mol. The first-order valence-corrected chi connectivity index (χ1v) is 5.16. The van der Waals surface area contributed by atoms with Gasteiger partial charge in [-0.05, 0) is 18.1 Å². The molecule has 4 nitrogen and oxygen atoms in total.